The van der Waals surface area contributed by atoms with Crippen molar-refractivity contribution in [2.75, 3.05) is 49.3 Å². The molecule has 9 heteroatoms. The van der Waals surface area contributed by atoms with Gasteiger partial charge in [0.05, 0.1) is 24.9 Å². The Bertz CT molecular complexity index is 1250. The highest BCUT2D eigenvalue weighted by Gasteiger charge is 2.54. The van der Waals surface area contributed by atoms with Crippen molar-refractivity contribution in [2.45, 2.75) is 32.4 Å². The molecule has 2 aliphatic rings. The third-order valence-corrected chi connectivity index (χ3v) is 6.77. The van der Waals surface area contributed by atoms with Crippen molar-refractivity contribution in [1.29, 1.82) is 0 Å². The molecule has 3 heterocycles. The van der Waals surface area contributed by atoms with Gasteiger partial charge >= 0.3 is 6.09 Å². The first-order valence-corrected chi connectivity index (χ1v) is 11.5. The van der Waals surface area contributed by atoms with Crippen LogP contribution in [0.3, 0.4) is 0 Å². The zero-order valence-corrected chi connectivity index (χ0v) is 20.2. The third kappa shape index (κ3) is 3.66. The van der Waals surface area contributed by atoms with Crippen molar-refractivity contribution < 1.29 is 14.3 Å². The van der Waals surface area contributed by atoms with Gasteiger partial charge in [0.1, 0.15) is 17.9 Å². The zero-order chi connectivity index (χ0) is 24.0. The number of methoxy groups -OCH3 is 1. The smallest absolute Gasteiger partial charge is 0.415 e. The number of nitrogens with zero attached hydrogens (tertiary/aromatic N) is 4. The average Bonchev–Trinajstić information content (AvgIpc) is 3.16. The number of likely N-dealkylation sites (tertiary alicyclic amines) is 1. The maximum absolute atomic E-state index is 12.9. The van der Waals surface area contributed by atoms with E-state index in [1.807, 2.05) is 44.3 Å². The number of amides is 1. The number of rotatable bonds is 6. The monoisotopic (exact) mass is 462 g/mol. The molecule has 5 rings (SSSR count). The van der Waals surface area contributed by atoms with E-state index in [4.69, 9.17) is 9.47 Å². The molecule has 2 saturated heterocycles. The molecule has 2 aromatic carbocycles. The van der Waals surface area contributed by atoms with Crippen molar-refractivity contribution >= 4 is 39.9 Å². The molecule has 0 unspecified atom stereocenters. The highest BCUT2D eigenvalue weighted by molar-refractivity contribution is 6.00. The van der Waals surface area contributed by atoms with E-state index in [0.29, 0.717) is 29.8 Å². The van der Waals surface area contributed by atoms with Gasteiger partial charge in [-0.2, -0.15) is 0 Å². The van der Waals surface area contributed by atoms with Gasteiger partial charge in [0.25, 0.3) is 0 Å². The number of ether oxygens (including phenoxy) is 2. The van der Waals surface area contributed by atoms with E-state index in [1.54, 1.807) is 12.0 Å². The van der Waals surface area contributed by atoms with Crippen LogP contribution in [0.2, 0.25) is 0 Å². The minimum absolute atomic E-state index is 0.356. The topological polar surface area (TPSA) is 91.9 Å². The Morgan fingerprint density at radius 1 is 1.15 bits per heavy atom. The fourth-order valence-corrected chi connectivity index (χ4v) is 4.75. The predicted molar refractivity (Wildman–Crippen MR) is 133 cm³/mol. The van der Waals surface area contributed by atoms with Crippen LogP contribution < -0.4 is 20.3 Å². The number of benzene rings is 2. The Morgan fingerprint density at radius 2 is 1.91 bits per heavy atom. The van der Waals surface area contributed by atoms with Gasteiger partial charge in [0.15, 0.2) is 5.60 Å². The Morgan fingerprint density at radius 3 is 2.62 bits per heavy atom. The van der Waals surface area contributed by atoms with Crippen LogP contribution in [0.4, 0.5) is 27.7 Å². The largest absolute Gasteiger partial charge is 0.494 e. The minimum atomic E-state index is -0.472. The Kier molecular flexibility index (Phi) is 5.44. The van der Waals surface area contributed by atoms with Crippen LogP contribution in [0.25, 0.3) is 10.9 Å². The number of carbonyl (C=O) groups excluding carboxylic acids is 1. The van der Waals surface area contributed by atoms with Crippen LogP contribution in [0, 0.1) is 6.92 Å². The summed E-state index contributed by atoms with van der Waals surface area (Å²) in [5.41, 5.74) is 3.95. The third-order valence-electron chi connectivity index (χ3n) is 6.77. The van der Waals surface area contributed by atoms with Crippen LogP contribution in [0.1, 0.15) is 19.4 Å². The number of nitrogens with one attached hydrogen (secondary N) is 2. The Labute approximate surface area is 199 Å². The molecule has 178 valence electrons. The maximum Gasteiger partial charge on any atom is 0.415 e. The lowest BCUT2D eigenvalue weighted by Gasteiger charge is -2.47. The van der Waals surface area contributed by atoms with E-state index < -0.39 is 5.60 Å². The van der Waals surface area contributed by atoms with E-state index in [-0.39, 0.29) is 6.09 Å². The molecule has 9 nitrogen and oxygen atoms in total. The summed E-state index contributed by atoms with van der Waals surface area (Å²) in [7, 11) is 3.49. The quantitative estimate of drug-likeness (QED) is 0.565. The van der Waals surface area contributed by atoms with E-state index in [1.165, 1.54) is 6.33 Å². The first-order chi connectivity index (χ1) is 16.3. The molecule has 2 N–H and O–H groups in total. The highest BCUT2D eigenvalue weighted by atomic mass is 16.6. The van der Waals surface area contributed by atoms with Crippen molar-refractivity contribution in [3.63, 3.8) is 0 Å². The first-order valence-electron chi connectivity index (χ1n) is 11.5. The molecule has 34 heavy (non-hydrogen) atoms. The van der Waals surface area contributed by atoms with Gasteiger partial charge in [-0.05, 0) is 44.5 Å². The molecule has 3 aromatic rings. The van der Waals surface area contributed by atoms with E-state index in [2.05, 4.69) is 39.3 Å². The van der Waals surface area contributed by atoms with Gasteiger partial charge in [-0.25, -0.2) is 14.8 Å². The second-order valence-corrected chi connectivity index (χ2v) is 9.25. The Hall–Kier alpha value is -3.59. The van der Waals surface area contributed by atoms with Gasteiger partial charge in [-0.1, -0.05) is 6.07 Å². The van der Waals surface area contributed by atoms with Crippen LogP contribution in [0.15, 0.2) is 36.7 Å². The molecular weight excluding hydrogens is 432 g/mol. The SMILES string of the molecule is CNc1cccc(Nc2ncnc3cc(OC)c(N4CC5(CN(C(C)C)C5)OC4=O)cc23)c1C. The molecule has 2 aliphatic heterocycles. The van der Waals surface area contributed by atoms with Gasteiger partial charge < -0.3 is 20.1 Å². The minimum Gasteiger partial charge on any atom is -0.494 e. The molecule has 0 saturated carbocycles. The predicted octanol–water partition coefficient (Wildman–Crippen LogP) is 4.15. The molecule has 0 bridgehead atoms. The number of hydrogen-bond acceptors (Lipinski definition) is 8. The normalized spacial score (nSPS) is 17.2. The summed E-state index contributed by atoms with van der Waals surface area (Å²) in [6.45, 7) is 8.30. The van der Waals surface area contributed by atoms with Crippen molar-refractivity contribution in [3.05, 3.63) is 42.2 Å². The number of fused-ring (bicyclic) bond motifs is 1. The number of aromatic nitrogens is 2. The molecule has 1 spiro atoms. The van der Waals surface area contributed by atoms with Crippen LogP contribution in [0.5, 0.6) is 5.75 Å². The molecule has 1 amide bonds. The molecule has 0 aliphatic carbocycles. The highest BCUT2D eigenvalue weighted by Crippen LogP contribution is 2.41. The summed E-state index contributed by atoms with van der Waals surface area (Å²) in [6, 6.07) is 10.2. The molecule has 0 radical (unpaired) electrons. The molecule has 0 atom stereocenters. The van der Waals surface area contributed by atoms with E-state index in [9.17, 15) is 4.79 Å². The van der Waals surface area contributed by atoms with Gasteiger partial charge in [-0.3, -0.25) is 9.80 Å². The lowest BCUT2D eigenvalue weighted by atomic mass is 9.92. The fourth-order valence-electron chi connectivity index (χ4n) is 4.75. The molecule has 2 fully saturated rings. The van der Waals surface area contributed by atoms with Gasteiger partial charge in [-0.15, -0.1) is 0 Å². The fraction of sp³-hybridized carbons (Fsp3) is 0.400. The molecule has 1 aromatic heterocycles. The lowest BCUT2D eigenvalue weighted by molar-refractivity contribution is -0.0856. The Balaban J connectivity index is 1.52. The van der Waals surface area contributed by atoms with Crippen molar-refractivity contribution in [1.82, 2.24) is 14.9 Å². The van der Waals surface area contributed by atoms with Crippen molar-refractivity contribution in [2.24, 2.45) is 0 Å². The number of anilines is 4. The first kappa shape index (κ1) is 22.2. The van der Waals surface area contributed by atoms with Crippen LogP contribution >= 0.6 is 0 Å². The summed E-state index contributed by atoms with van der Waals surface area (Å²) in [5, 5.41) is 7.43. The van der Waals surface area contributed by atoms with Crippen molar-refractivity contribution in [3.8, 4) is 5.75 Å². The summed E-state index contributed by atoms with van der Waals surface area (Å²) in [6.07, 6.45) is 1.17. The van der Waals surface area contributed by atoms with E-state index in [0.717, 1.165) is 40.9 Å². The van der Waals surface area contributed by atoms with Gasteiger partial charge in [0, 0.05) is 49.0 Å². The summed E-state index contributed by atoms with van der Waals surface area (Å²) in [5.74, 6) is 1.22. The average molecular weight is 463 g/mol. The number of hydrogen-bond donors (Lipinski definition) is 2. The summed E-state index contributed by atoms with van der Waals surface area (Å²) in [4.78, 5) is 25.8. The summed E-state index contributed by atoms with van der Waals surface area (Å²) >= 11 is 0. The van der Waals surface area contributed by atoms with Crippen LogP contribution in [-0.4, -0.2) is 66.4 Å². The molecular formula is C25H30N6O3. The zero-order valence-electron chi connectivity index (χ0n) is 20.2. The number of carbonyl (C=O) groups is 1. The van der Waals surface area contributed by atoms with E-state index >= 15 is 0 Å². The lowest BCUT2D eigenvalue weighted by Crippen LogP contribution is -2.65. The second kappa shape index (κ2) is 8.32. The van der Waals surface area contributed by atoms with Crippen LogP contribution in [-0.2, 0) is 4.74 Å². The van der Waals surface area contributed by atoms with Gasteiger partial charge in [0.2, 0.25) is 0 Å². The standard InChI is InChI=1S/C25H30N6O3/c1-15(2)30-11-25(12-30)13-31(24(32)34-25)21-9-17-20(10-22(21)33-5)27-14-28-23(17)29-19-8-6-7-18(26-4)16(19)3/h6-10,14-15,26H,11-13H2,1-5H3,(H,27,28,29). The maximum atomic E-state index is 12.9. The second-order valence-electron chi connectivity index (χ2n) is 9.25. The summed E-state index contributed by atoms with van der Waals surface area (Å²) < 4.78 is 11.5.